The summed E-state index contributed by atoms with van der Waals surface area (Å²) in [5.74, 6) is 0. The van der Waals surface area contributed by atoms with Crippen molar-refractivity contribution in [2.45, 2.75) is 33.2 Å². The van der Waals surface area contributed by atoms with Crippen LogP contribution in [0.15, 0.2) is 9.59 Å². The smallest absolute Gasteiger partial charge is 0.310 e. The Labute approximate surface area is 86.5 Å². The van der Waals surface area contributed by atoms with Crippen LogP contribution in [0.25, 0.3) is 0 Å². The lowest BCUT2D eigenvalue weighted by Gasteiger charge is -2.12. The molecule has 0 aliphatic rings. The van der Waals surface area contributed by atoms with E-state index in [9.17, 15) is 9.59 Å². The van der Waals surface area contributed by atoms with Gasteiger partial charge in [-0.05, 0) is 20.3 Å². The number of aromatic nitrogens is 2. The van der Waals surface area contributed by atoms with Gasteiger partial charge in [-0.1, -0.05) is 18.5 Å². The van der Waals surface area contributed by atoms with Gasteiger partial charge in [-0.2, -0.15) is 0 Å². The molecule has 1 aromatic rings. The third-order valence-corrected chi connectivity index (χ3v) is 2.73. The Hall–Kier alpha value is -1.03. The molecule has 14 heavy (non-hydrogen) atoms. The summed E-state index contributed by atoms with van der Waals surface area (Å²) in [6, 6.07) is -0.135. The summed E-state index contributed by atoms with van der Waals surface area (Å²) in [6.45, 7) is 5.32. The second-order valence-electron chi connectivity index (χ2n) is 3.30. The number of rotatable bonds is 2. The lowest BCUT2D eigenvalue weighted by molar-refractivity contribution is 0.488. The first-order chi connectivity index (χ1) is 6.49. The molecule has 1 unspecified atom stereocenters. The zero-order valence-electron chi connectivity index (χ0n) is 8.43. The highest BCUT2D eigenvalue weighted by molar-refractivity contribution is 6.30. The molecule has 1 heterocycles. The fourth-order valence-electron chi connectivity index (χ4n) is 1.22. The summed E-state index contributed by atoms with van der Waals surface area (Å²) < 4.78 is 1.15. The molecule has 0 bridgehead atoms. The van der Waals surface area contributed by atoms with Gasteiger partial charge < -0.3 is 4.98 Å². The molecule has 0 aliphatic heterocycles. The first kappa shape index (κ1) is 11.0. The largest absolute Gasteiger partial charge is 0.328 e. The number of aryl methyl sites for hydroxylation is 1. The minimum Gasteiger partial charge on any atom is -0.310 e. The molecule has 1 atom stereocenters. The average molecular weight is 217 g/mol. The van der Waals surface area contributed by atoms with E-state index in [1.165, 1.54) is 0 Å². The monoisotopic (exact) mass is 216 g/mol. The predicted octanol–water partition coefficient (Wildman–Crippen LogP) is 1.47. The van der Waals surface area contributed by atoms with E-state index in [1.54, 1.807) is 6.92 Å². The molecule has 0 saturated heterocycles. The summed E-state index contributed by atoms with van der Waals surface area (Å²) in [5, 5.41) is 0.0879. The number of H-pyrrole nitrogens is 1. The van der Waals surface area contributed by atoms with E-state index in [-0.39, 0.29) is 11.1 Å². The molecule has 0 spiro atoms. The first-order valence-electron chi connectivity index (χ1n) is 4.50. The van der Waals surface area contributed by atoms with Crippen LogP contribution >= 0.6 is 11.6 Å². The van der Waals surface area contributed by atoms with Gasteiger partial charge >= 0.3 is 5.69 Å². The SMILES string of the molecule is CCC(C)n1c(=O)[nH]c(C)c(Cl)c1=O. The van der Waals surface area contributed by atoms with E-state index in [0.29, 0.717) is 12.1 Å². The van der Waals surface area contributed by atoms with E-state index in [1.807, 2.05) is 13.8 Å². The van der Waals surface area contributed by atoms with Gasteiger partial charge in [0, 0.05) is 11.7 Å². The number of halogens is 1. The van der Waals surface area contributed by atoms with Crippen LogP contribution in [0.5, 0.6) is 0 Å². The number of hydrogen-bond donors (Lipinski definition) is 1. The molecule has 0 aliphatic carbocycles. The Bertz CT molecular complexity index is 447. The Morgan fingerprint density at radius 3 is 2.57 bits per heavy atom. The van der Waals surface area contributed by atoms with Crippen molar-refractivity contribution in [3.63, 3.8) is 0 Å². The topological polar surface area (TPSA) is 54.9 Å². The maximum Gasteiger partial charge on any atom is 0.328 e. The van der Waals surface area contributed by atoms with Crippen molar-refractivity contribution in [3.8, 4) is 0 Å². The normalized spacial score (nSPS) is 12.9. The fraction of sp³-hybridized carbons (Fsp3) is 0.556. The Kier molecular flexibility index (Phi) is 3.16. The Morgan fingerprint density at radius 1 is 1.50 bits per heavy atom. The summed E-state index contributed by atoms with van der Waals surface area (Å²) in [5.41, 5.74) is -0.394. The van der Waals surface area contributed by atoms with Crippen LogP contribution in [0.3, 0.4) is 0 Å². The highest BCUT2D eigenvalue weighted by Crippen LogP contribution is 2.07. The molecular weight excluding hydrogens is 204 g/mol. The first-order valence-corrected chi connectivity index (χ1v) is 4.87. The van der Waals surface area contributed by atoms with Crippen LogP contribution in [0, 0.1) is 6.92 Å². The van der Waals surface area contributed by atoms with Crippen molar-refractivity contribution in [1.82, 2.24) is 9.55 Å². The molecule has 0 saturated carbocycles. The average Bonchev–Trinajstić information content (AvgIpc) is 2.14. The molecule has 0 fully saturated rings. The van der Waals surface area contributed by atoms with Crippen molar-refractivity contribution in [3.05, 3.63) is 31.6 Å². The molecule has 78 valence electrons. The number of aromatic amines is 1. The maximum absolute atomic E-state index is 11.6. The van der Waals surface area contributed by atoms with Crippen molar-refractivity contribution >= 4 is 11.6 Å². The highest BCUT2D eigenvalue weighted by Gasteiger charge is 2.12. The summed E-state index contributed by atoms with van der Waals surface area (Å²) in [7, 11) is 0. The minimum absolute atomic E-state index is 0.0879. The van der Waals surface area contributed by atoms with E-state index in [2.05, 4.69) is 4.98 Å². The molecule has 1 rings (SSSR count). The van der Waals surface area contributed by atoms with Gasteiger partial charge in [0.15, 0.2) is 0 Å². The lowest BCUT2D eigenvalue weighted by atomic mass is 10.2. The lowest BCUT2D eigenvalue weighted by Crippen LogP contribution is -2.38. The van der Waals surface area contributed by atoms with Crippen molar-refractivity contribution < 1.29 is 0 Å². The fourth-order valence-corrected chi connectivity index (χ4v) is 1.36. The molecule has 0 amide bonds. The summed E-state index contributed by atoms with van der Waals surface area (Å²) in [6.07, 6.45) is 0.711. The standard InChI is InChI=1S/C9H13ClN2O2/c1-4-5(2)12-8(13)7(10)6(3)11-9(12)14/h5H,4H2,1-3H3,(H,11,14). The summed E-state index contributed by atoms with van der Waals surface area (Å²) >= 11 is 5.75. The molecule has 1 N–H and O–H groups in total. The van der Waals surface area contributed by atoms with Gasteiger partial charge in [0.05, 0.1) is 0 Å². The molecule has 0 aromatic carbocycles. The number of nitrogens with one attached hydrogen (secondary N) is 1. The predicted molar refractivity (Wildman–Crippen MR) is 56.1 cm³/mol. The van der Waals surface area contributed by atoms with Gasteiger partial charge in [0.1, 0.15) is 5.02 Å². The highest BCUT2D eigenvalue weighted by atomic mass is 35.5. The van der Waals surface area contributed by atoms with Crippen LogP contribution in [0.4, 0.5) is 0 Å². The molecule has 0 radical (unpaired) electrons. The molecule has 4 nitrogen and oxygen atoms in total. The number of nitrogens with zero attached hydrogens (tertiary/aromatic N) is 1. The van der Waals surface area contributed by atoms with E-state index >= 15 is 0 Å². The van der Waals surface area contributed by atoms with E-state index < -0.39 is 11.2 Å². The van der Waals surface area contributed by atoms with Gasteiger partial charge in [-0.15, -0.1) is 0 Å². The van der Waals surface area contributed by atoms with Gasteiger partial charge in [0.2, 0.25) is 0 Å². The van der Waals surface area contributed by atoms with Crippen LogP contribution in [-0.4, -0.2) is 9.55 Å². The zero-order chi connectivity index (χ0) is 10.9. The van der Waals surface area contributed by atoms with Crippen LogP contribution in [0.2, 0.25) is 5.02 Å². The van der Waals surface area contributed by atoms with Gasteiger partial charge in [-0.3, -0.25) is 9.36 Å². The number of hydrogen-bond acceptors (Lipinski definition) is 2. The third-order valence-electron chi connectivity index (χ3n) is 2.28. The zero-order valence-corrected chi connectivity index (χ0v) is 9.18. The van der Waals surface area contributed by atoms with Gasteiger partial charge in [0.25, 0.3) is 5.56 Å². The van der Waals surface area contributed by atoms with E-state index in [4.69, 9.17) is 11.6 Å². The van der Waals surface area contributed by atoms with Crippen LogP contribution in [-0.2, 0) is 0 Å². The molecular formula is C9H13ClN2O2. The second-order valence-corrected chi connectivity index (χ2v) is 3.68. The minimum atomic E-state index is -0.415. The Balaban J connectivity index is 3.53. The molecule has 5 heteroatoms. The van der Waals surface area contributed by atoms with Crippen LogP contribution < -0.4 is 11.2 Å². The van der Waals surface area contributed by atoms with E-state index in [0.717, 1.165) is 4.57 Å². The third kappa shape index (κ3) is 1.75. The molecule has 1 aromatic heterocycles. The van der Waals surface area contributed by atoms with Crippen LogP contribution in [0.1, 0.15) is 32.0 Å². The van der Waals surface area contributed by atoms with Crippen molar-refractivity contribution in [2.75, 3.05) is 0 Å². The van der Waals surface area contributed by atoms with Crippen molar-refractivity contribution in [1.29, 1.82) is 0 Å². The quantitative estimate of drug-likeness (QED) is 0.814. The second kappa shape index (κ2) is 4.00. The summed E-state index contributed by atoms with van der Waals surface area (Å²) in [4.78, 5) is 25.6. The van der Waals surface area contributed by atoms with Gasteiger partial charge in [-0.25, -0.2) is 4.79 Å². The Morgan fingerprint density at radius 2 is 2.07 bits per heavy atom. The maximum atomic E-state index is 11.6. The van der Waals surface area contributed by atoms with Crippen molar-refractivity contribution in [2.24, 2.45) is 0 Å².